The molecule has 0 saturated carbocycles. The molecule has 0 saturated heterocycles. The van der Waals surface area contributed by atoms with E-state index in [9.17, 15) is 0 Å². The summed E-state index contributed by atoms with van der Waals surface area (Å²) in [5, 5.41) is 0. The average molecular weight is 186 g/mol. The van der Waals surface area contributed by atoms with Crippen LogP contribution in [0.1, 0.15) is 65.7 Å². The summed E-state index contributed by atoms with van der Waals surface area (Å²) >= 11 is 0. The van der Waals surface area contributed by atoms with Crippen molar-refractivity contribution in [3.05, 3.63) is 0 Å². The minimum atomic E-state index is 0.538. The molecule has 0 fully saturated rings. The average Bonchev–Trinajstić information content (AvgIpc) is 2.14. The molecule has 13 heavy (non-hydrogen) atoms. The fraction of sp³-hybridized carbons (Fsp3) is 1.00. The van der Waals surface area contributed by atoms with Crippen LogP contribution in [0.4, 0.5) is 0 Å². The molecule has 1 atom stereocenters. The van der Waals surface area contributed by atoms with Crippen LogP contribution in [0.15, 0.2) is 0 Å². The summed E-state index contributed by atoms with van der Waals surface area (Å²) in [6, 6.07) is 0. The molecule has 0 aliphatic rings. The molecule has 0 aliphatic carbocycles. The molecule has 1 unspecified atom stereocenters. The zero-order valence-electron chi connectivity index (χ0n) is 9.64. The normalized spacial score (nSPS) is 13.2. The molecule has 0 N–H and O–H groups in total. The molecular formula is C12H26O. The maximum atomic E-state index is 5.82. The standard InChI is InChI=1S/C12H26O/c1-4-7-10-12(9-6-3)13-11-8-5-2/h12H,4-11H2,1-3H3. The van der Waals surface area contributed by atoms with Gasteiger partial charge in [-0.15, -0.1) is 0 Å². The number of rotatable bonds is 9. The van der Waals surface area contributed by atoms with Crippen LogP contribution in [0.5, 0.6) is 0 Å². The van der Waals surface area contributed by atoms with E-state index in [0.29, 0.717) is 6.10 Å². The van der Waals surface area contributed by atoms with Gasteiger partial charge in [-0.2, -0.15) is 0 Å². The summed E-state index contributed by atoms with van der Waals surface area (Å²) in [5.41, 5.74) is 0. The fourth-order valence-electron chi connectivity index (χ4n) is 1.46. The summed E-state index contributed by atoms with van der Waals surface area (Å²) < 4.78 is 5.82. The minimum absolute atomic E-state index is 0.538. The van der Waals surface area contributed by atoms with Crippen LogP contribution >= 0.6 is 0 Å². The van der Waals surface area contributed by atoms with Gasteiger partial charge in [0.25, 0.3) is 0 Å². The Morgan fingerprint density at radius 1 is 0.846 bits per heavy atom. The van der Waals surface area contributed by atoms with Crippen molar-refractivity contribution in [3.63, 3.8) is 0 Å². The first-order chi connectivity index (χ1) is 6.35. The van der Waals surface area contributed by atoms with E-state index in [1.807, 2.05) is 0 Å². The molecule has 0 bridgehead atoms. The second kappa shape index (κ2) is 10.0. The van der Waals surface area contributed by atoms with Gasteiger partial charge in [0, 0.05) is 6.61 Å². The van der Waals surface area contributed by atoms with E-state index in [-0.39, 0.29) is 0 Å². The van der Waals surface area contributed by atoms with E-state index < -0.39 is 0 Å². The lowest BCUT2D eigenvalue weighted by molar-refractivity contribution is 0.0380. The molecule has 80 valence electrons. The summed E-state index contributed by atoms with van der Waals surface area (Å²) in [4.78, 5) is 0. The Bertz CT molecular complexity index is 91.1. The van der Waals surface area contributed by atoms with Gasteiger partial charge in [0.15, 0.2) is 0 Å². The predicted molar refractivity (Wildman–Crippen MR) is 59.1 cm³/mol. The molecule has 0 aromatic rings. The maximum Gasteiger partial charge on any atom is 0.0575 e. The first-order valence-corrected chi connectivity index (χ1v) is 5.96. The third-order valence-electron chi connectivity index (χ3n) is 2.34. The van der Waals surface area contributed by atoms with Crippen LogP contribution < -0.4 is 0 Å². The zero-order valence-corrected chi connectivity index (χ0v) is 9.64. The Balaban J connectivity index is 3.41. The summed E-state index contributed by atoms with van der Waals surface area (Å²) in [7, 11) is 0. The van der Waals surface area contributed by atoms with Crippen molar-refractivity contribution in [1.82, 2.24) is 0 Å². The molecule has 1 nitrogen and oxygen atoms in total. The Morgan fingerprint density at radius 2 is 1.54 bits per heavy atom. The molecule has 1 heteroatoms. The first kappa shape index (κ1) is 13.0. The highest BCUT2D eigenvalue weighted by molar-refractivity contribution is 4.57. The molecular weight excluding hydrogens is 160 g/mol. The molecule has 0 amide bonds. The van der Waals surface area contributed by atoms with Crippen LogP contribution in [-0.2, 0) is 4.74 Å². The Hall–Kier alpha value is -0.0400. The van der Waals surface area contributed by atoms with Crippen molar-refractivity contribution >= 4 is 0 Å². The van der Waals surface area contributed by atoms with Gasteiger partial charge in [0.1, 0.15) is 0 Å². The summed E-state index contributed by atoms with van der Waals surface area (Å²) in [6.07, 6.45) is 9.35. The van der Waals surface area contributed by atoms with E-state index in [1.54, 1.807) is 0 Å². The molecule has 0 heterocycles. The largest absolute Gasteiger partial charge is 0.378 e. The molecule has 0 aliphatic heterocycles. The molecule has 0 spiro atoms. The summed E-state index contributed by atoms with van der Waals surface area (Å²) in [5.74, 6) is 0. The lowest BCUT2D eigenvalue weighted by Crippen LogP contribution is -2.13. The van der Waals surface area contributed by atoms with Gasteiger partial charge >= 0.3 is 0 Å². The third kappa shape index (κ3) is 8.29. The van der Waals surface area contributed by atoms with Gasteiger partial charge in [-0.1, -0.05) is 46.5 Å². The lowest BCUT2D eigenvalue weighted by atomic mass is 10.1. The predicted octanol–water partition coefficient (Wildman–Crippen LogP) is 4.16. The van der Waals surface area contributed by atoms with Crippen LogP contribution in [0.25, 0.3) is 0 Å². The number of unbranched alkanes of at least 4 members (excludes halogenated alkanes) is 2. The van der Waals surface area contributed by atoms with Gasteiger partial charge in [-0.3, -0.25) is 0 Å². The zero-order chi connectivity index (χ0) is 9.94. The van der Waals surface area contributed by atoms with E-state index in [4.69, 9.17) is 4.74 Å². The van der Waals surface area contributed by atoms with Gasteiger partial charge in [-0.05, 0) is 19.3 Å². The smallest absolute Gasteiger partial charge is 0.0575 e. The Morgan fingerprint density at radius 3 is 2.08 bits per heavy atom. The third-order valence-corrected chi connectivity index (χ3v) is 2.34. The van der Waals surface area contributed by atoms with E-state index >= 15 is 0 Å². The fourth-order valence-corrected chi connectivity index (χ4v) is 1.46. The van der Waals surface area contributed by atoms with Gasteiger partial charge in [0.2, 0.25) is 0 Å². The SMILES string of the molecule is CCCCOC(CCC)CCCC. The van der Waals surface area contributed by atoms with Gasteiger partial charge in [-0.25, -0.2) is 0 Å². The molecule has 0 aromatic carbocycles. The minimum Gasteiger partial charge on any atom is -0.378 e. The summed E-state index contributed by atoms with van der Waals surface area (Å²) in [6.45, 7) is 7.66. The second-order valence-electron chi connectivity index (χ2n) is 3.78. The quantitative estimate of drug-likeness (QED) is 0.491. The van der Waals surface area contributed by atoms with Crippen molar-refractivity contribution in [2.24, 2.45) is 0 Å². The second-order valence-corrected chi connectivity index (χ2v) is 3.78. The van der Waals surface area contributed by atoms with Crippen LogP contribution in [0.3, 0.4) is 0 Å². The first-order valence-electron chi connectivity index (χ1n) is 5.96. The number of hydrogen-bond acceptors (Lipinski definition) is 1. The topological polar surface area (TPSA) is 9.23 Å². The van der Waals surface area contributed by atoms with Crippen LogP contribution in [0.2, 0.25) is 0 Å². The molecule has 0 aromatic heterocycles. The highest BCUT2D eigenvalue weighted by atomic mass is 16.5. The highest BCUT2D eigenvalue weighted by Gasteiger charge is 2.06. The number of hydrogen-bond donors (Lipinski definition) is 0. The number of ether oxygens (including phenoxy) is 1. The lowest BCUT2D eigenvalue weighted by Gasteiger charge is -2.16. The molecule has 0 rings (SSSR count). The van der Waals surface area contributed by atoms with Crippen molar-refractivity contribution < 1.29 is 4.74 Å². The van der Waals surface area contributed by atoms with Crippen molar-refractivity contribution in [1.29, 1.82) is 0 Å². The Labute approximate surface area is 83.9 Å². The van der Waals surface area contributed by atoms with E-state index in [0.717, 1.165) is 6.61 Å². The maximum absolute atomic E-state index is 5.82. The van der Waals surface area contributed by atoms with Gasteiger partial charge in [0.05, 0.1) is 6.10 Å². The van der Waals surface area contributed by atoms with Gasteiger partial charge < -0.3 is 4.74 Å². The van der Waals surface area contributed by atoms with Crippen molar-refractivity contribution in [2.75, 3.05) is 6.61 Å². The van der Waals surface area contributed by atoms with Crippen molar-refractivity contribution in [2.45, 2.75) is 71.8 Å². The van der Waals surface area contributed by atoms with Crippen LogP contribution in [0, 0.1) is 0 Å². The highest BCUT2D eigenvalue weighted by Crippen LogP contribution is 2.11. The molecule has 0 radical (unpaired) electrons. The van der Waals surface area contributed by atoms with Crippen molar-refractivity contribution in [3.8, 4) is 0 Å². The Kier molecular flexibility index (Phi) is 10.0. The monoisotopic (exact) mass is 186 g/mol. The van der Waals surface area contributed by atoms with Crippen LogP contribution in [-0.4, -0.2) is 12.7 Å². The van der Waals surface area contributed by atoms with E-state index in [2.05, 4.69) is 20.8 Å². The van der Waals surface area contributed by atoms with E-state index in [1.165, 1.54) is 44.9 Å².